The van der Waals surface area contributed by atoms with Crippen LogP contribution in [-0.2, 0) is 10.0 Å². The molecule has 122 valence electrons. The molecule has 5 nitrogen and oxygen atoms in total. The van der Waals surface area contributed by atoms with Gasteiger partial charge in [-0.15, -0.1) is 0 Å². The van der Waals surface area contributed by atoms with Crippen LogP contribution in [0.4, 0.5) is 15.8 Å². The molecule has 0 amide bonds. The zero-order valence-corrected chi connectivity index (χ0v) is 13.3. The summed E-state index contributed by atoms with van der Waals surface area (Å²) in [7, 11) is -3.86. The van der Waals surface area contributed by atoms with E-state index in [1.807, 2.05) is 6.07 Å². The quantitative estimate of drug-likeness (QED) is 0.924. The fraction of sp³-hybridized carbons (Fsp3) is 0. The van der Waals surface area contributed by atoms with E-state index >= 15 is 0 Å². The molecule has 0 saturated carbocycles. The van der Waals surface area contributed by atoms with Gasteiger partial charge in [-0.1, -0.05) is 12.1 Å². The molecule has 1 heterocycles. The van der Waals surface area contributed by atoms with Crippen LogP contribution in [0.2, 0.25) is 0 Å². The van der Waals surface area contributed by atoms with Crippen molar-refractivity contribution in [3.05, 3.63) is 79.0 Å². The molecular weight excluding hydrogens is 329 g/mol. The summed E-state index contributed by atoms with van der Waals surface area (Å²) >= 11 is 0. The third-order valence-electron chi connectivity index (χ3n) is 3.24. The topological polar surface area (TPSA) is 61.8 Å². The van der Waals surface area contributed by atoms with E-state index < -0.39 is 15.8 Å². The highest BCUT2D eigenvalue weighted by Crippen LogP contribution is 2.23. The average Bonchev–Trinajstić information content (AvgIpc) is 2.84. The van der Waals surface area contributed by atoms with Gasteiger partial charge in [0.25, 0.3) is 10.0 Å². The molecule has 1 aliphatic heterocycles. The molecule has 0 aliphatic carbocycles. The number of benzene rings is 2. The minimum atomic E-state index is -3.86. The van der Waals surface area contributed by atoms with Crippen molar-refractivity contribution in [2.75, 3.05) is 9.62 Å². The lowest BCUT2D eigenvalue weighted by Crippen LogP contribution is -2.14. The van der Waals surface area contributed by atoms with Crippen LogP contribution in [0.15, 0.2) is 83.1 Å². The number of sulfonamides is 1. The molecule has 1 N–H and O–H groups in total. The Hall–Kier alpha value is -2.93. The van der Waals surface area contributed by atoms with Gasteiger partial charge < -0.3 is 4.90 Å². The van der Waals surface area contributed by atoms with E-state index in [4.69, 9.17) is 0 Å². The Morgan fingerprint density at radius 2 is 1.88 bits per heavy atom. The van der Waals surface area contributed by atoms with Gasteiger partial charge in [-0.3, -0.25) is 9.71 Å². The van der Waals surface area contributed by atoms with Crippen molar-refractivity contribution in [1.82, 2.24) is 0 Å². The molecule has 0 aromatic heterocycles. The molecule has 0 spiro atoms. The highest BCUT2D eigenvalue weighted by molar-refractivity contribution is 7.92. The number of hydrogen-bond acceptors (Lipinski definition) is 4. The molecule has 3 rings (SSSR count). The maximum Gasteiger partial charge on any atom is 0.261 e. The minimum Gasteiger partial charge on any atom is -0.322 e. The maximum absolute atomic E-state index is 13.3. The van der Waals surface area contributed by atoms with E-state index in [0.717, 1.165) is 11.8 Å². The first kappa shape index (κ1) is 15.9. The molecule has 2 aromatic carbocycles. The minimum absolute atomic E-state index is 0.129. The Balaban J connectivity index is 1.87. The Labute approximate surface area is 139 Å². The van der Waals surface area contributed by atoms with E-state index in [2.05, 4.69) is 9.71 Å². The second-order valence-electron chi connectivity index (χ2n) is 4.96. The Kier molecular flexibility index (Phi) is 4.43. The van der Waals surface area contributed by atoms with Crippen LogP contribution in [0.5, 0.6) is 0 Å². The number of hydrogen-bond donors (Lipinski definition) is 1. The Morgan fingerprint density at radius 3 is 2.71 bits per heavy atom. The van der Waals surface area contributed by atoms with E-state index in [1.54, 1.807) is 54.0 Å². The second-order valence-corrected chi connectivity index (χ2v) is 6.64. The molecule has 0 saturated heterocycles. The zero-order valence-electron chi connectivity index (χ0n) is 12.5. The molecule has 7 heteroatoms. The lowest BCUT2D eigenvalue weighted by atomic mass is 10.2. The lowest BCUT2D eigenvalue weighted by Gasteiger charge is -2.16. The number of nitrogens with one attached hydrogen (secondary N) is 1. The Bertz CT molecular complexity index is 920. The van der Waals surface area contributed by atoms with E-state index in [1.165, 1.54) is 18.2 Å². The van der Waals surface area contributed by atoms with Crippen molar-refractivity contribution >= 4 is 27.6 Å². The van der Waals surface area contributed by atoms with Gasteiger partial charge in [0.05, 0.1) is 10.6 Å². The predicted molar refractivity (Wildman–Crippen MR) is 92.9 cm³/mol. The number of anilines is 2. The van der Waals surface area contributed by atoms with Crippen LogP contribution >= 0.6 is 0 Å². The van der Waals surface area contributed by atoms with Crippen LogP contribution in [-0.4, -0.2) is 14.6 Å². The van der Waals surface area contributed by atoms with Gasteiger partial charge in [0.2, 0.25) is 0 Å². The van der Waals surface area contributed by atoms with Crippen LogP contribution in [0, 0.1) is 5.82 Å². The van der Waals surface area contributed by atoms with Crippen molar-refractivity contribution < 1.29 is 12.8 Å². The number of allylic oxidation sites excluding steroid dienone is 1. The van der Waals surface area contributed by atoms with Gasteiger partial charge >= 0.3 is 0 Å². The SMILES string of the molecule is O=S(=O)(Nc1cccc(N2C=CC=NC=C2)c1)c1cccc(F)c1. The fourth-order valence-corrected chi connectivity index (χ4v) is 3.22. The third kappa shape index (κ3) is 3.69. The summed E-state index contributed by atoms with van der Waals surface area (Å²) in [4.78, 5) is 5.67. The summed E-state index contributed by atoms with van der Waals surface area (Å²) in [5.41, 5.74) is 1.14. The molecule has 0 radical (unpaired) electrons. The van der Waals surface area contributed by atoms with E-state index in [-0.39, 0.29) is 4.90 Å². The number of rotatable bonds is 4. The molecule has 0 atom stereocenters. The summed E-state index contributed by atoms with van der Waals surface area (Å²) < 4.78 is 40.4. The van der Waals surface area contributed by atoms with Gasteiger partial charge in [-0.25, -0.2) is 12.8 Å². The molecule has 24 heavy (non-hydrogen) atoms. The van der Waals surface area contributed by atoms with Crippen molar-refractivity contribution in [3.63, 3.8) is 0 Å². The van der Waals surface area contributed by atoms with Crippen molar-refractivity contribution in [2.45, 2.75) is 4.90 Å². The monoisotopic (exact) mass is 343 g/mol. The number of halogens is 1. The zero-order chi connectivity index (χ0) is 17.0. The molecule has 0 bridgehead atoms. The van der Waals surface area contributed by atoms with Crippen molar-refractivity contribution in [2.24, 2.45) is 4.99 Å². The normalized spacial score (nSPS) is 13.8. The second kappa shape index (κ2) is 6.67. The van der Waals surface area contributed by atoms with E-state index in [9.17, 15) is 12.8 Å². The maximum atomic E-state index is 13.3. The number of aliphatic imine (C=N–C) groups is 1. The molecule has 0 fully saturated rings. The first-order valence-electron chi connectivity index (χ1n) is 7.08. The van der Waals surface area contributed by atoms with Gasteiger partial charge in [0, 0.05) is 30.5 Å². The largest absolute Gasteiger partial charge is 0.322 e. The van der Waals surface area contributed by atoms with Gasteiger partial charge in [0.1, 0.15) is 5.82 Å². The van der Waals surface area contributed by atoms with Crippen molar-refractivity contribution in [3.8, 4) is 0 Å². The van der Waals surface area contributed by atoms with Crippen molar-refractivity contribution in [1.29, 1.82) is 0 Å². The molecule has 2 aromatic rings. The van der Waals surface area contributed by atoms with Crippen LogP contribution < -0.4 is 9.62 Å². The lowest BCUT2D eigenvalue weighted by molar-refractivity contribution is 0.595. The van der Waals surface area contributed by atoms with Crippen LogP contribution in [0.3, 0.4) is 0 Å². The third-order valence-corrected chi connectivity index (χ3v) is 4.61. The van der Waals surface area contributed by atoms with Crippen LogP contribution in [0.1, 0.15) is 0 Å². The smallest absolute Gasteiger partial charge is 0.261 e. The summed E-state index contributed by atoms with van der Waals surface area (Å²) in [6.45, 7) is 0. The molecule has 1 aliphatic rings. The fourth-order valence-electron chi connectivity index (χ4n) is 2.14. The highest BCUT2D eigenvalue weighted by atomic mass is 32.2. The number of nitrogens with zero attached hydrogens (tertiary/aromatic N) is 2. The van der Waals surface area contributed by atoms with E-state index in [0.29, 0.717) is 5.69 Å². The standard InChI is InChI=1S/C17H14FN3O2S/c18-14-4-1-7-17(12-14)24(22,23)20-15-5-2-6-16(13-15)21-10-3-8-19-9-11-21/h1-13,20H. The first-order chi connectivity index (χ1) is 11.5. The van der Waals surface area contributed by atoms with Gasteiger partial charge in [-0.2, -0.15) is 0 Å². The summed E-state index contributed by atoms with van der Waals surface area (Å²) in [6, 6.07) is 11.7. The molecular formula is C17H14FN3O2S. The summed E-state index contributed by atoms with van der Waals surface area (Å²) in [5.74, 6) is -0.605. The molecule has 0 unspecified atom stereocenters. The van der Waals surface area contributed by atoms with Gasteiger partial charge in [0.15, 0.2) is 0 Å². The van der Waals surface area contributed by atoms with Crippen LogP contribution in [0.25, 0.3) is 0 Å². The predicted octanol–water partition coefficient (Wildman–Crippen LogP) is 3.50. The summed E-state index contributed by atoms with van der Waals surface area (Å²) in [5, 5.41) is 0. The van der Waals surface area contributed by atoms with Gasteiger partial charge in [-0.05, 0) is 42.5 Å². The highest BCUT2D eigenvalue weighted by Gasteiger charge is 2.15. The summed E-state index contributed by atoms with van der Waals surface area (Å²) in [6.07, 6.45) is 8.59. The Morgan fingerprint density at radius 1 is 1.04 bits per heavy atom. The first-order valence-corrected chi connectivity index (χ1v) is 8.56. The average molecular weight is 343 g/mol.